The summed E-state index contributed by atoms with van der Waals surface area (Å²) in [4.78, 5) is 0. The Kier molecular flexibility index (Phi) is 3.62. The Morgan fingerprint density at radius 2 is 1.95 bits per heavy atom. The Labute approximate surface area is 108 Å². The van der Waals surface area contributed by atoms with Gasteiger partial charge in [0.15, 0.2) is 11.6 Å². The molecule has 0 fully saturated rings. The molecule has 2 aromatic carbocycles. The molecule has 19 heavy (non-hydrogen) atoms. The predicted molar refractivity (Wildman–Crippen MR) is 66.3 cm³/mol. The van der Waals surface area contributed by atoms with Gasteiger partial charge in [-0.3, -0.25) is 0 Å². The molecule has 0 aliphatic carbocycles. The van der Waals surface area contributed by atoms with E-state index >= 15 is 0 Å². The largest absolute Gasteiger partial charge is 0.486 e. The van der Waals surface area contributed by atoms with Gasteiger partial charge in [0.2, 0.25) is 0 Å². The van der Waals surface area contributed by atoms with E-state index in [9.17, 15) is 8.78 Å². The van der Waals surface area contributed by atoms with Crippen LogP contribution in [-0.2, 0) is 6.61 Å². The van der Waals surface area contributed by atoms with Gasteiger partial charge in [0.1, 0.15) is 12.4 Å². The van der Waals surface area contributed by atoms with E-state index in [0.717, 1.165) is 6.07 Å². The van der Waals surface area contributed by atoms with Crippen molar-refractivity contribution in [3.05, 3.63) is 59.2 Å². The third-order valence-corrected chi connectivity index (χ3v) is 2.55. The van der Waals surface area contributed by atoms with Crippen molar-refractivity contribution in [1.82, 2.24) is 0 Å². The van der Waals surface area contributed by atoms with Crippen molar-refractivity contribution in [2.45, 2.75) is 6.61 Å². The fourth-order valence-corrected chi connectivity index (χ4v) is 1.54. The second kappa shape index (κ2) is 5.36. The highest BCUT2D eigenvalue weighted by Crippen LogP contribution is 2.21. The highest BCUT2D eigenvalue weighted by atomic mass is 19.1. The van der Waals surface area contributed by atoms with Crippen LogP contribution in [-0.4, -0.2) is 0 Å². The van der Waals surface area contributed by atoms with Crippen LogP contribution in [0.2, 0.25) is 0 Å². The summed E-state index contributed by atoms with van der Waals surface area (Å²) in [5, 5.41) is 8.61. The van der Waals surface area contributed by atoms with Crippen LogP contribution in [0.15, 0.2) is 36.4 Å². The fraction of sp³-hybridized carbons (Fsp3) is 0.0714. The Morgan fingerprint density at radius 1 is 1.16 bits per heavy atom. The molecular weight excluding hydrogens is 250 g/mol. The molecule has 0 aliphatic rings. The van der Waals surface area contributed by atoms with E-state index in [1.807, 2.05) is 6.07 Å². The van der Waals surface area contributed by atoms with E-state index in [4.69, 9.17) is 15.7 Å². The van der Waals surface area contributed by atoms with Gasteiger partial charge in [-0.05, 0) is 36.4 Å². The van der Waals surface area contributed by atoms with Gasteiger partial charge in [0, 0.05) is 11.3 Å². The van der Waals surface area contributed by atoms with Crippen LogP contribution < -0.4 is 10.5 Å². The number of rotatable bonds is 3. The lowest BCUT2D eigenvalue weighted by atomic mass is 10.2. The summed E-state index contributed by atoms with van der Waals surface area (Å²) in [5.41, 5.74) is 6.66. The summed E-state index contributed by atoms with van der Waals surface area (Å²) >= 11 is 0. The maximum absolute atomic E-state index is 13.5. The molecule has 0 unspecified atom stereocenters. The van der Waals surface area contributed by atoms with E-state index in [1.165, 1.54) is 30.3 Å². The molecule has 96 valence electrons. The molecule has 0 spiro atoms. The van der Waals surface area contributed by atoms with E-state index < -0.39 is 11.6 Å². The van der Waals surface area contributed by atoms with Gasteiger partial charge in [-0.1, -0.05) is 0 Å². The quantitative estimate of drug-likeness (QED) is 0.863. The minimum Gasteiger partial charge on any atom is -0.486 e. The Balaban J connectivity index is 2.15. The lowest BCUT2D eigenvalue weighted by Gasteiger charge is -2.09. The molecule has 0 aliphatic heterocycles. The van der Waals surface area contributed by atoms with Gasteiger partial charge >= 0.3 is 0 Å². The van der Waals surface area contributed by atoms with Crippen molar-refractivity contribution in [2.75, 3.05) is 5.73 Å². The first kappa shape index (κ1) is 12.8. The molecule has 2 aromatic rings. The summed E-state index contributed by atoms with van der Waals surface area (Å²) in [5.74, 6) is -1.09. The van der Waals surface area contributed by atoms with E-state index in [-0.39, 0.29) is 17.9 Å². The van der Waals surface area contributed by atoms with Crippen molar-refractivity contribution < 1.29 is 13.5 Å². The van der Waals surface area contributed by atoms with Crippen molar-refractivity contribution in [1.29, 1.82) is 5.26 Å². The SMILES string of the molecule is N#Cc1ccc(OCc2cc(F)ccc2N)c(F)c1. The second-order valence-corrected chi connectivity index (χ2v) is 3.89. The van der Waals surface area contributed by atoms with Gasteiger partial charge in [-0.15, -0.1) is 0 Å². The van der Waals surface area contributed by atoms with Crippen molar-refractivity contribution in [3.63, 3.8) is 0 Å². The number of ether oxygens (including phenoxy) is 1. The van der Waals surface area contributed by atoms with Crippen LogP contribution in [0.1, 0.15) is 11.1 Å². The Morgan fingerprint density at radius 3 is 2.63 bits per heavy atom. The summed E-state index contributed by atoms with van der Waals surface area (Å²) in [6.07, 6.45) is 0. The average Bonchev–Trinajstić information content (AvgIpc) is 2.40. The zero-order valence-corrected chi connectivity index (χ0v) is 9.86. The molecule has 0 atom stereocenters. The van der Waals surface area contributed by atoms with Gasteiger partial charge in [0.25, 0.3) is 0 Å². The molecular formula is C14H10F2N2O. The first-order valence-electron chi connectivity index (χ1n) is 5.46. The van der Waals surface area contributed by atoms with E-state index in [2.05, 4.69) is 0 Å². The summed E-state index contributed by atoms with van der Waals surface area (Å²) in [7, 11) is 0. The molecule has 2 N–H and O–H groups in total. The van der Waals surface area contributed by atoms with E-state index in [1.54, 1.807) is 0 Å². The lowest BCUT2D eigenvalue weighted by molar-refractivity contribution is 0.290. The molecule has 0 saturated heterocycles. The number of anilines is 1. The van der Waals surface area contributed by atoms with Crippen LogP contribution >= 0.6 is 0 Å². The molecule has 3 nitrogen and oxygen atoms in total. The van der Waals surface area contributed by atoms with Crippen LogP contribution in [0.25, 0.3) is 0 Å². The van der Waals surface area contributed by atoms with Crippen LogP contribution in [0.5, 0.6) is 5.75 Å². The summed E-state index contributed by atoms with van der Waals surface area (Å²) in [6, 6.07) is 9.57. The molecule has 0 bridgehead atoms. The molecule has 0 heterocycles. The molecule has 5 heteroatoms. The van der Waals surface area contributed by atoms with Gasteiger partial charge in [-0.2, -0.15) is 5.26 Å². The minimum absolute atomic E-state index is 0.0114. The number of nitrogens with zero attached hydrogens (tertiary/aromatic N) is 1. The maximum atomic E-state index is 13.5. The minimum atomic E-state index is -0.644. The smallest absolute Gasteiger partial charge is 0.166 e. The van der Waals surface area contributed by atoms with Gasteiger partial charge in [-0.25, -0.2) is 8.78 Å². The third-order valence-electron chi connectivity index (χ3n) is 2.55. The number of hydrogen-bond acceptors (Lipinski definition) is 3. The topological polar surface area (TPSA) is 59.0 Å². The first-order chi connectivity index (χ1) is 9.10. The monoisotopic (exact) mass is 260 g/mol. The van der Waals surface area contributed by atoms with Gasteiger partial charge in [0.05, 0.1) is 11.6 Å². The summed E-state index contributed by atoms with van der Waals surface area (Å²) < 4.78 is 31.8. The van der Waals surface area contributed by atoms with Crippen LogP contribution in [0, 0.1) is 23.0 Å². The number of benzene rings is 2. The number of halogens is 2. The Bertz CT molecular complexity index is 650. The molecule has 2 rings (SSSR count). The maximum Gasteiger partial charge on any atom is 0.166 e. The van der Waals surface area contributed by atoms with Gasteiger partial charge < -0.3 is 10.5 Å². The molecule has 0 radical (unpaired) electrons. The van der Waals surface area contributed by atoms with Crippen LogP contribution in [0.4, 0.5) is 14.5 Å². The lowest BCUT2D eigenvalue weighted by Crippen LogP contribution is -2.02. The number of nitrogens with two attached hydrogens (primary N) is 1. The van der Waals surface area contributed by atoms with Crippen molar-refractivity contribution in [3.8, 4) is 11.8 Å². The normalized spacial score (nSPS) is 9.95. The highest BCUT2D eigenvalue weighted by molar-refractivity contribution is 5.46. The second-order valence-electron chi connectivity index (χ2n) is 3.89. The van der Waals surface area contributed by atoms with Crippen LogP contribution in [0.3, 0.4) is 0 Å². The molecule has 0 saturated carbocycles. The molecule has 0 amide bonds. The fourth-order valence-electron chi connectivity index (χ4n) is 1.54. The third kappa shape index (κ3) is 2.99. The molecule has 0 aromatic heterocycles. The summed E-state index contributed by atoms with van der Waals surface area (Å²) in [6.45, 7) is -0.0492. The van der Waals surface area contributed by atoms with E-state index in [0.29, 0.717) is 11.3 Å². The average molecular weight is 260 g/mol. The predicted octanol–water partition coefficient (Wildman–Crippen LogP) is 3.00. The zero-order valence-electron chi connectivity index (χ0n) is 9.86. The first-order valence-corrected chi connectivity index (χ1v) is 5.46. The zero-order chi connectivity index (χ0) is 13.8. The highest BCUT2D eigenvalue weighted by Gasteiger charge is 2.07. The number of nitriles is 1. The Hall–Kier alpha value is -2.61. The standard InChI is InChI=1S/C14H10F2N2O/c15-11-2-3-13(18)10(6-11)8-19-14-4-1-9(7-17)5-12(14)16/h1-6H,8,18H2. The van der Waals surface area contributed by atoms with Crippen molar-refractivity contribution in [2.24, 2.45) is 0 Å². The number of nitrogen functional groups attached to an aromatic ring is 1. The number of hydrogen-bond donors (Lipinski definition) is 1. The van der Waals surface area contributed by atoms with Crippen molar-refractivity contribution >= 4 is 5.69 Å².